The molecule has 0 spiro atoms. The summed E-state index contributed by atoms with van der Waals surface area (Å²) in [5.74, 6) is 0.453. The van der Waals surface area contributed by atoms with Crippen molar-refractivity contribution in [1.82, 2.24) is 0 Å². The van der Waals surface area contributed by atoms with Crippen molar-refractivity contribution in [2.24, 2.45) is 0 Å². The average Bonchev–Trinajstić information content (AvgIpc) is 2.36. The molecule has 0 radical (unpaired) electrons. The van der Waals surface area contributed by atoms with Crippen LogP contribution in [0.2, 0.25) is 5.02 Å². The maximum atomic E-state index is 11.3. The van der Waals surface area contributed by atoms with E-state index in [-0.39, 0.29) is 5.97 Å². The summed E-state index contributed by atoms with van der Waals surface area (Å²) in [4.78, 5) is 12.3. The Kier molecular flexibility index (Phi) is 6.16. The standard InChI is InChI=1S/C13H15ClO2S/c1-3-10(13(15)16-2)8-9-17-12-7-5-4-6-11(12)14/h4-8H,3,9H2,1-2H3. The van der Waals surface area contributed by atoms with E-state index in [1.807, 2.05) is 37.3 Å². The summed E-state index contributed by atoms with van der Waals surface area (Å²) in [6, 6.07) is 7.66. The molecule has 0 bridgehead atoms. The number of benzene rings is 1. The first-order chi connectivity index (χ1) is 8.19. The van der Waals surface area contributed by atoms with Gasteiger partial charge in [-0.3, -0.25) is 0 Å². The molecule has 4 heteroatoms. The molecule has 0 saturated heterocycles. The fourth-order valence-corrected chi connectivity index (χ4v) is 2.44. The van der Waals surface area contributed by atoms with Crippen LogP contribution in [0.3, 0.4) is 0 Å². The lowest BCUT2D eigenvalue weighted by Crippen LogP contribution is -2.04. The van der Waals surface area contributed by atoms with Gasteiger partial charge in [-0.15, -0.1) is 11.8 Å². The summed E-state index contributed by atoms with van der Waals surface area (Å²) >= 11 is 7.63. The predicted molar refractivity (Wildman–Crippen MR) is 72.6 cm³/mol. The van der Waals surface area contributed by atoms with Gasteiger partial charge in [0.2, 0.25) is 0 Å². The quantitative estimate of drug-likeness (QED) is 0.460. The lowest BCUT2D eigenvalue weighted by atomic mass is 10.2. The number of rotatable bonds is 5. The smallest absolute Gasteiger partial charge is 0.333 e. The van der Waals surface area contributed by atoms with Crippen LogP contribution in [0.5, 0.6) is 0 Å². The van der Waals surface area contributed by atoms with Crippen LogP contribution in [0.1, 0.15) is 13.3 Å². The second kappa shape index (κ2) is 7.41. The van der Waals surface area contributed by atoms with Crippen molar-refractivity contribution in [3.8, 4) is 0 Å². The molecule has 0 aliphatic heterocycles. The van der Waals surface area contributed by atoms with Crippen molar-refractivity contribution in [3.63, 3.8) is 0 Å². The van der Waals surface area contributed by atoms with E-state index in [2.05, 4.69) is 4.74 Å². The van der Waals surface area contributed by atoms with E-state index in [1.165, 1.54) is 7.11 Å². The van der Waals surface area contributed by atoms with Gasteiger partial charge < -0.3 is 4.74 Å². The fourth-order valence-electron chi connectivity index (χ4n) is 1.30. The molecule has 1 rings (SSSR count). The van der Waals surface area contributed by atoms with Crippen molar-refractivity contribution in [3.05, 3.63) is 40.9 Å². The maximum Gasteiger partial charge on any atom is 0.333 e. The summed E-state index contributed by atoms with van der Waals surface area (Å²) < 4.78 is 4.69. The molecule has 0 atom stereocenters. The molecular formula is C13H15ClO2S. The van der Waals surface area contributed by atoms with Gasteiger partial charge >= 0.3 is 5.97 Å². The Bertz CT molecular complexity index is 416. The number of carbonyl (C=O) groups is 1. The van der Waals surface area contributed by atoms with Crippen LogP contribution in [-0.4, -0.2) is 18.8 Å². The third kappa shape index (κ3) is 4.44. The first kappa shape index (κ1) is 14.1. The van der Waals surface area contributed by atoms with Gasteiger partial charge in [0.25, 0.3) is 0 Å². The molecule has 1 aromatic rings. The summed E-state index contributed by atoms with van der Waals surface area (Å²) in [7, 11) is 1.40. The van der Waals surface area contributed by atoms with Crippen LogP contribution in [0, 0.1) is 0 Å². The zero-order valence-corrected chi connectivity index (χ0v) is 11.5. The van der Waals surface area contributed by atoms with Crippen LogP contribution in [0.4, 0.5) is 0 Å². The van der Waals surface area contributed by atoms with E-state index in [9.17, 15) is 4.79 Å². The van der Waals surface area contributed by atoms with E-state index in [4.69, 9.17) is 11.6 Å². The van der Waals surface area contributed by atoms with Crippen LogP contribution in [0.25, 0.3) is 0 Å². The van der Waals surface area contributed by atoms with E-state index < -0.39 is 0 Å². The van der Waals surface area contributed by atoms with Crippen molar-refractivity contribution in [2.45, 2.75) is 18.2 Å². The van der Waals surface area contributed by atoms with E-state index in [0.29, 0.717) is 17.7 Å². The maximum absolute atomic E-state index is 11.3. The van der Waals surface area contributed by atoms with E-state index >= 15 is 0 Å². The van der Waals surface area contributed by atoms with Crippen LogP contribution >= 0.6 is 23.4 Å². The van der Waals surface area contributed by atoms with Gasteiger partial charge in [-0.25, -0.2) is 4.79 Å². The topological polar surface area (TPSA) is 26.3 Å². The molecule has 0 unspecified atom stereocenters. The summed E-state index contributed by atoms with van der Waals surface area (Å²) in [6.45, 7) is 1.93. The molecule has 17 heavy (non-hydrogen) atoms. The number of hydrogen-bond acceptors (Lipinski definition) is 3. The molecule has 0 N–H and O–H groups in total. The lowest BCUT2D eigenvalue weighted by molar-refractivity contribution is -0.136. The summed E-state index contributed by atoms with van der Waals surface area (Å²) in [5.41, 5.74) is 0.701. The van der Waals surface area contributed by atoms with Gasteiger partial charge in [0.15, 0.2) is 0 Å². The molecule has 0 amide bonds. The predicted octanol–water partition coefficient (Wildman–Crippen LogP) is 3.94. The Morgan fingerprint density at radius 3 is 2.76 bits per heavy atom. The van der Waals surface area contributed by atoms with Crippen LogP contribution in [-0.2, 0) is 9.53 Å². The Balaban J connectivity index is 2.59. The highest BCUT2D eigenvalue weighted by atomic mass is 35.5. The molecule has 0 aromatic heterocycles. The highest BCUT2D eigenvalue weighted by Crippen LogP contribution is 2.26. The normalized spacial score (nSPS) is 11.4. The van der Waals surface area contributed by atoms with Gasteiger partial charge in [-0.05, 0) is 18.6 Å². The van der Waals surface area contributed by atoms with Gasteiger partial charge in [0.05, 0.1) is 12.1 Å². The minimum Gasteiger partial charge on any atom is -0.466 e. The van der Waals surface area contributed by atoms with Crippen LogP contribution in [0.15, 0.2) is 40.8 Å². The number of thioether (sulfide) groups is 1. The van der Waals surface area contributed by atoms with Crippen molar-refractivity contribution in [1.29, 1.82) is 0 Å². The molecule has 0 fully saturated rings. The molecule has 0 heterocycles. The second-order valence-electron chi connectivity index (χ2n) is 3.32. The Morgan fingerprint density at radius 2 is 2.18 bits per heavy atom. The monoisotopic (exact) mass is 270 g/mol. The zero-order valence-electron chi connectivity index (χ0n) is 9.90. The second-order valence-corrected chi connectivity index (χ2v) is 4.78. The zero-order chi connectivity index (χ0) is 12.7. The Hall–Kier alpha value is -0.930. The minimum atomic E-state index is -0.257. The number of esters is 1. The van der Waals surface area contributed by atoms with Crippen molar-refractivity contribution in [2.75, 3.05) is 12.9 Å². The molecule has 0 saturated carbocycles. The molecule has 92 valence electrons. The Morgan fingerprint density at radius 1 is 1.47 bits per heavy atom. The number of hydrogen-bond donors (Lipinski definition) is 0. The number of halogens is 1. The average molecular weight is 271 g/mol. The van der Waals surface area contributed by atoms with Gasteiger partial charge in [-0.1, -0.05) is 36.7 Å². The largest absolute Gasteiger partial charge is 0.466 e. The highest BCUT2D eigenvalue weighted by Gasteiger charge is 2.06. The lowest BCUT2D eigenvalue weighted by Gasteiger charge is -2.03. The molecule has 1 aromatic carbocycles. The molecule has 0 aliphatic rings. The molecule has 2 nitrogen and oxygen atoms in total. The van der Waals surface area contributed by atoms with Crippen molar-refractivity contribution >= 4 is 29.3 Å². The third-order valence-corrected chi connectivity index (χ3v) is 3.68. The van der Waals surface area contributed by atoms with Gasteiger partial charge in [0.1, 0.15) is 0 Å². The summed E-state index contributed by atoms with van der Waals surface area (Å²) in [6.07, 6.45) is 2.57. The third-order valence-electron chi connectivity index (χ3n) is 2.23. The SMILES string of the molecule is CCC(=CCSc1ccccc1Cl)C(=O)OC. The fraction of sp³-hybridized carbons (Fsp3) is 0.308. The number of methoxy groups -OCH3 is 1. The molecular weight excluding hydrogens is 256 g/mol. The summed E-state index contributed by atoms with van der Waals surface area (Å²) in [5, 5.41) is 0.738. The number of carbonyl (C=O) groups excluding carboxylic acids is 1. The highest BCUT2D eigenvalue weighted by molar-refractivity contribution is 7.99. The van der Waals surface area contributed by atoms with E-state index in [0.717, 1.165) is 9.92 Å². The van der Waals surface area contributed by atoms with Gasteiger partial charge in [0, 0.05) is 16.2 Å². The van der Waals surface area contributed by atoms with Crippen LogP contribution < -0.4 is 0 Å². The minimum absolute atomic E-state index is 0.257. The van der Waals surface area contributed by atoms with E-state index in [1.54, 1.807) is 11.8 Å². The van der Waals surface area contributed by atoms with Crippen molar-refractivity contribution < 1.29 is 9.53 Å². The Labute approximate surface area is 111 Å². The molecule has 0 aliphatic carbocycles. The first-order valence-electron chi connectivity index (χ1n) is 5.33. The number of ether oxygens (including phenoxy) is 1. The first-order valence-corrected chi connectivity index (χ1v) is 6.70. The van der Waals surface area contributed by atoms with Gasteiger partial charge in [-0.2, -0.15) is 0 Å².